The Balaban J connectivity index is 1.69. The number of fused-ring (bicyclic) bond motifs is 1. The molecule has 0 saturated carbocycles. The molecule has 112 valence electrons. The van der Waals surface area contributed by atoms with Crippen molar-refractivity contribution in [1.29, 1.82) is 0 Å². The molecule has 6 heteroatoms. The molecule has 0 unspecified atom stereocenters. The fourth-order valence-corrected chi connectivity index (χ4v) is 2.16. The molecule has 1 aliphatic heterocycles. The van der Waals surface area contributed by atoms with Crippen LogP contribution in [0.15, 0.2) is 42.5 Å². The first kappa shape index (κ1) is 14.1. The number of rotatable bonds is 3. The molecule has 0 aromatic heterocycles. The van der Waals surface area contributed by atoms with Crippen molar-refractivity contribution in [3.8, 4) is 5.75 Å². The largest absolute Gasteiger partial charge is 0.482 e. The predicted molar refractivity (Wildman–Crippen MR) is 78.1 cm³/mol. The van der Waals surface area contributed by atoms with E-state index in [4.69, 9.17) is 4.74 Å². The van der Waals surface area contributed by atoms with Crippen LogP contribution in [0, 0.1) is 5.82 Å². The summed E-state index contributed by atoms with van der Waals surface area (Å²) in [6, 6.07) is 11.0. The van der Waals surface area contributed by atoms with E-state index in [-0.39, 0.29) is 24.6 Å². The van der Waals surface area contributed by atoms with Gasteiger partial charge < -0.3 is 15.4 Å². The van der Waals surface area contributed by atoms with Crippen molar-refractivity contribution in [3.63, 3.8) is 0 Å². The van der Waals surface area contributed by atoms with E-state index in [9.17, 15) is 14.0 Å². The summed E-state index contributed by atoms with van der Waals surface area (Å²) >= 11 is 0. The summed E-state index contributed by atoms with van der Waals surface area (Å²) < 4.78 is 18.8. The summed E-state index contributed by atoms with van der Waals surface area (Å²) in [7, 11) is 0. The van der Waals surface area contributed by atoms with Crippen molar-refractivity contribution in [3.05, 3.63) is 59.4 Å². The fraction of sp³-hybridized carbons (Fsp3) is 0.125. The van der Waals surface area contributed by atoms with Gasteiger partial charge in [-0.1, -0.05) is 18.2 Å². The van der Waals surface area contributed by atoms with E-state index in [1.54, 1.807) is 24.3 Å². The van der Waals surface area contributed by atoms with Crippen molar-refractivity contribution in [2.45, 2.75) is 6.54 Å². The molecule has 2 aromatic rings. The highest BCUT2D eigenvalue weighted by Crippen LogP contribution is 2.28. The van der Waals surface area contributed by atoms with E-state index in [0.29, 0.717) is 11.4 Å². The zero-order valence-electron chi connectivity index (χ0n) is 11.6. The molecule has 2 N–H and O–H groups in total. The summed E-state index contributed by atoms with van der Waals surface area (Å²) in [6.07, 6.45) is 0. The molecule has 3 rings (SSSR count). The molecule has 0 radical (unpaired) electrons. The smallest absolute Gasteiger partial charge is 0.262 e. The van der Waals surface area contributed by atoms with E-state index in [1.165, 1.54) is 18.2 Å². The molecule has 1 heterocycles. The van der Waals surface area contributed by atoms with E-state index < -0.39 is 11.7 Å². The Morgan fingerprint density at radius 2 is 2.09 bits per heavy atom. The van der Waals surface area contributed by atoms with E-state index in [1.807, 2.05) is 0 Å². The third-order valence-corrected chi connectivity index (χ3v) is 3.25. The summed E-state index contributed by atoms with van der Waals surface area (Å²) in [4.78, 5) is 23.2. The van der Waals surface area contributed by atoms with Crippen molar-refractivity contribution in [2.24, 2.45) is 0 Å². The van der Waals surface area contributed by atoms with Gasteiger partial charge in [-0.15, -0.1) is 0 Å². The minimum atomic E-state index is -0.564. The first-order valence-corrected chi connectivity index (χ1v) is 6.72. The third kappa shape index (κ3) is 2.90. The SMILES string of the molecule is O=C1COc2ccc(CNC(=O)c3ccccc3F)cc2N1. The number of benzene rings is 2. The molecular formula is C16H13FN2O3. The lowest BCUT2D eigenvalue weighted by Crippen LogP contribution is -2.26. The average Bonchev–Trinajstić information content (AvgIpc) is 2.52. The molecule has 0 atom stereocenters. The molecule has 22 heavy (non-hydrogen) atoms. The Bertz CT molecular complexity index is 746. The normalized spacial score (nSPS) is 12.9. The number of amides is 2. The molecular weight excluding hydrogens is 287 g/mol. The second-order valence-electron chi connectivity index (χ2n) is 4.83. The van der Waals surface area contributed by atoms with Gasteiger partial charge in [0, 0.05) is 6.54 Å². The summed E-state index contributed by atoms with van der Waals surface area (Å²) in [5, 5.41) is 5.33. The number of hydrogen-bond donors (Lipinski definition) is 2. The van der Waals surface area contributed by atoms with E-state index in [2.05, 4.69) is 10.6 Å². The summed E-state index contributed by atoms with van der Waals surface area (Å²) in [5.41, 5.74) is 1.33. The second kappa shape index (κ2) is 5.85. The topological polar surface area (TPSA) is 67.4 Å². The van der Waals surface area contributed by atoms with Gasteiger partial charge in [0.15, 0.2) is 6.61 Å². The summed E-state index contributed by atoms with van der Waals surface area (Å²) in [5.74, 6) is -0.689. The molecule has 1 aliphatic rings. The Labute approximate surface area is 126 Å². The number of carbonyl (C=O) groups excluding carboxylic acids is 2. The lowest BCUT2D eigenvalue weighted by Gasteiger charge is -2.18. The van der Waals surface area contributed by atoms with Crippen molar-refractivity contribution >= 4 is 17.5 Å². The molecule has 5 nitrogen and oxygen atoms in total. The molecule has 2 aromatic carbocycles. The molecule has 0 fully saturated rings. The number of hydrogen-bond acceptors (Lipinski definition) is 3. The second-order valence-corrected chi connectivity index (χ2v) is 4.83. The minimum absolute atomic E-state index is 0.00269. The standard InChI is InChI=1S/C16H13FN2O3/c17-12-4-2-1-3-11(12)16(21)18-8-10-5-6-14-13(7-10)19-15(20)9-22-14/h1-7H,8-9H2,(H,18,21)(H,19,20). The molecule has 0 spiro atoms. The van der Waals surface area contributed by atoms with Gasteiger partial charge in [0.1, 0.15) is 11.6 Å². The van der Waals surface area contributed by atoms with Gasteiger partial charge in [0.2, 0.25) is 0 Å². The average molecular weight is 300 g/mol. The Hall–Kier alpha value is -2.89. The Morgan fingerprint density at radius 1 is 1.27 bits per heavy atom. The van der Waals surface area contributed by atoms with Crippen LogP contribution in [0.1, 0.15) is 15.9 Å². The van der Waals surface area contributed by atoms with Gasteiger partial charge >= 0.3 is 0 Å². The van der Waals surface area contributed by atoms with Crippen LogP contribution >= 0.6 is 0 Å². The highest BCUT2D eigenvalue weighted by Gasteiger charge is 2.16. The fourth-order valence-electron chi connectivity index (χ4n) is 2.16. The third-order valence-electron chi connectivity index (χ3n) is 3.25. The molecule has 0 aliphatic carbocycles. The Kier molecular flexibility index (Phi) is 3.74. The van der Waals surface area contributed by atoms with Crippen LogP contribution in [0.4, 0.5) is 10.1 Å². The Morgan fingerprint density at radius 3 is 2.91 bits per heavy atom. The quantitative estimate of drug-likeness (QED) is 0.912. The van der Waals surface area contributed by atoms with Crippen molar-refractivity contribution in [1.82, 2.24) is 5.32 Å². The van der Waals surface area contributed by atoms with Crippen LogP contribution in [-0.4, -0.2) is 18.4 Å². The van der Waals surface area contributed by atoms with E-state index >= 15 is 0 Å². The number of anilines is 1. The van der Waals surface area contributed by atoms with Crippen LogP contribution in [0.5, 0.6) is 5.75 Å². The maximum Gasteiger partial charge on any atom is 0.262 e. The monoisotopic (exact) mass is 300 g/mol. The predicted octanol–water partition coefficient (Wildman–Crippen LogP) is 2.09. The van der Waals surface area contributed by atoms with Crippen molar-refractivity contribution < 1.29 is 18.7 Å². The highest BCUT2D eigenvalue weighted by molar-refractivity contribution is 5.96. The molecule has 0 saturated heterocycles. The zero-order chi connectivity index (χ0) is 15.5. The first-order valence-electron chi connectivity index (χ1n) is 6.72. The zero-order valence-corrected chi connectivity index (χ0v) is 11.6. The highest BCUT2D eigenvalue weighted by atomic mass is 19.1. The van der Waals surface area contributed by atoms with Gasteiger partial charge in [-0.2, -0.15) is 0 Å². The van der Waals surface area contributed by atoms with Gasteiger partial charge in [-0.25, -0.2) is 4.39 Å². The minimum Gasteiger partial charge on any atom is -0.482 e. The van der Waals surface area contributed by atoms with Crippen LogP contribution in [-0.2, 0) is 11.3 Å². The van der Waals surface area contributed by atoms with Crippen LogP contribution in [0.2, 0.25) is 0 Å². The van der Waals surface area contributed by atoms with Crippen LogP contribution < -0.4 is 15.4 Å². The maximum absolute atomic E-state index is 13.5. The lowest BCUT2D eigenvalue weighted by atomic mass is 10.1. The molecule has 0 bridgehead atoms. The van der Waals surface area contributed by atoms with Crippen LogP contribution in [0.3, 0.4) is 0 Å². The first-order chi connectivity index (χ1) is 10.6. The van der Waals surface area contributed by atoms with E-state index in [0.717, 1.165) is 5.56 Å². The van der Waals surface area contributed by atoms with Gasteiger partial charge in [0.25, 0.3) is 11.8 Å². The van der Waals surface area contributed by atoms with Gasteiger partial charge in [0.05, 0.1) is 11.3 Å². The number of halogens is 1. The molecule has 2 amide bonds. The van der Waals surface area contributed by atoms with Gasteiger partial charge in [-0.05, 0) is 29.8 Å². The summed E-state index contributed by atoms with van der Waals surface area (Å²) in [6.45, 7) is 0.215. The lowest BCUT2D eigenvalue weighted by molar-refractivity contribution is -0.118. The van der Waals surface area contributed by atoms with Gasteiger partial charge in [-0.3, -0.25) is 9.59 Å². The van der Waals surface area contributed by atoms with Crippen molar-refractivity contribution in [2.75, 3.05) is 11.9 Å². The number of carbonyl (C=O) groups is 2. The number of ether oxygens (including phenoxy) is 1. The maximum atomic E-state index is 13.5. The number of nitrogens with one attached hydrogen (secondary N) is 2. The van der Waals surface area contributed by atoms with Crippen LogP contribution in [0.25, 0.3) is 0 Å².